The van der Waals surface area contributed by atoms with Gasteiger partial charge in [-0.25, -0.2) is 9.97 Å². The lowest BCUT2D eigenvalue weighted by molar-refractivity contribution is 0.0688. The molecule has 0 aliphatic rings. The summed E-state index contributed by atoms with van der Waals surface area (Å²) in [5.74, 6) is -1.18. The zero-order valence-electron chi connectivity index (χ0n) is 20.4. The minimum absolute atomic E-state index is 0.0174. The number of pyridine rings is 2. The van der Waals surface area contributed by atoms with Gasteiger partial charge in [0.2, 0.25) is 0 Å². The highest BCUT2D eigenvalue weighted by Crippen LogP contribution is 2.26. The molecule has 0 unspecified atom stereocenters. The average Bonchev–Trinajstić information content (AvgIpc) is 2.71. The van der Waals surface area contributed by atoms with E-state index in [4.69, 9.17) is 19.8 Å². The fraction of sp³-hybridized carbons (Fsp3) is 0.263. The molecule has 0 radical (unpaired) electrons. The quantitative estimate of drug-likeness (QED) is 0.710. The molecule has 0 aliphatic carbocycles. The van der Waals surface area contributed by atoms with Crippen LogP contribution < -0.4 is 5.56 Å². The van der Waals surface area contributed by atoms with Crippen molar-refractivity contribution < 1.29 is 18.4 Å². The van der Waals surface area contributed by atoms with Crippen molar-refractivity contribution in [1.82, 2.24) is 19.5 Å². The molecule has 3 aromatic heterocycles. The predicted molar refractivity (Wildman–Crippen MR) is 102 cm³/mol. The van der Waals surface area contributed by atoms with Crippen LogP contribution in [0.4, 0.5) is 0 Å². The van der Waals surface area contributed by atoms with E-state index >= 15 is 0 Å². The molecule has 0 aliphatic heterocycles. The second-order valence-electron chi connectivity index (χ2n) is 5.96. The highest BCUT2D eigenvalue weighted by Gasteiger charge is 2.21. The fourth-order valence-electron chi connectivity index (χ4n) is 2.56. The Morgan fingerprint density at radius 2 is 1.96 bits per heavy atom. The first-order valence-corrected chi connectivity index (χ1v) is 8.12. The molecule has 0 aromatic carbocycles. The van der Waals surface area contributed by atoms with Gasteiger partial charge in [-0.1, -0.05) is 11.6 Å². The Bertz CT molecular complexity index is 1280. The smallest absolute Gasteiger partial charge is 0.277 e. The lowest BCUT2D eigenvalue weighted by atomic mass is 10.1. The van der Waals surface area contributed by atoms with Crippen molar-refractivity contribution in [3.8, 4) is 22.8 Å². The molecule has 8 heteroatoms. The molecule has 3 heterocycles. The number of hydrogen-bond acceptors (Lipinski definition) is 6. The molecule has 2 N–H and O–H groups in total. The maximum absolute atomic E-state index is 12.7. The van der Waals surface area contributed by atoms with E-state index in [0.29, 0.717) is 16.9 Å². The van der Waals surface area contributed by atoms with Gasteiger partial charge in [-0.05, 0) is 45.2 Å². The van der Waals surface area contributed by atoms with E-state index in [1.54, 1.807) is 13.8 Å². The van der Waals surface area contributed by atoms with E-state index in [-0.39, 0.29) is 22.2 Å². The standard InChI is InChI=1S/C19H19ClN4O3/c1-10-9-22-13(12-5-6-21-18(23-12)19(3,4)27)8-14(10)24-11(2)7-15(25)16(20)17(24)26/h5-9,25,27H,1-4H3/i3D3,4D3. The van der Waals surface area contributed by atoms with Crippen LogP contribution in [-0.2, 0) is 5.60 Å². The van der Waals surface area contributed by atoms with Crippen molar-refractivity contribution in [1.29, 1.82) is 0 Å². The van der Waals surface area contributed by atoms with Crippen molar-refractivity contribution >= 4 is 11.6 Å². The highest BCUT2D eigenvalue weighted by atomic mass is 35.5. The minimum atomic E-state index is -3.35. The van der Waals surface area contributed by atoms with Gasteiger partial charge in [0.25, 0.3) is 5.56 Å². The van der Waals surface area contributed by atoms with Crippen molar-refractivity contribution in [2.24, 2.45) is 0 Å². The van der Waals surface area contributed by atoms with Crippen LogP contribution in [0, 0.1) is 13.8 Å². The molecular weight excluding hydrogens is 368 g/mol. The van der Waals surface area contributed by atoms with Crippen LogP contribution in [0.2, 0.25) is 5.02 Å². The molecule has 3 rings (SSSR count). The number of hydrogen-bond donors (Lipinski definition) is 2. The van der Waals surface area contributed by atoms with Crippen LogP contribution in [0.3, 0.4) is 0 Å². The summed E-state index contributed by atoms with van der Waals surface area (Å²) in [7, 11) is 0. The van der Waals surface area contributed by atoms with E-state index in [2.05, 4.69) is 15.0 Å². The first kappa shape index (κ1) is 12.6. The lowest BCUT2D eigenvalue weighted by Gasteiger charge is -2.17. The Balaban J connectivity index is 2.23. The summed E-state index contributed by atoms with van der Waals surface area (Å²) < 4.78 is 46.7. The van der Waals surface area contributed by atoms with Crippen LogP contribution in [0.1, 0.15) is 39.0 Å². The largest absolute Gasteiger partial charge is 0.506 e. The van der Waals surface area contributed by atoms with Crippen molar-refractivity contribution in [2.75, 3.05) is 0 Å². The van der Waals surface area contributed by atoms with Crippen molar-refractivity contribution in [3.63, 3.8) is 0 Å². The van der Waals surface area contributed by atoms with Gasteiger partial charge >= 0.3 is 0 Å². The SMILES string of the molecule is [2H]C([2H])([2H])C(O)(c1nccc(-c2cc(-n3c(C)cc(O)c(Cl)c3=O)c(C)cn2)n1)C([2H])([2H])[2H]. The van der Waals surface area contributed by atoms with Gasteiger partial charge in [-0.2, -0.15) is 0 Å². The van der Waals surface area contributed by atoms with E-state index in [1.807, 2.05) is 0 Å². The monoisotopic (exact) mass is 392 g/mol. The number of aromatic nitrogens is 4. The Labute approximate surface area is 169 Å². The molecule has 140 valence electrons. The topological polar surface area (TPSA) is 101 Å². The number of aliphatic hydroxyl groups is 1. The maximum atomic E-state index is 12.7. The summed E-state index contributed by atoms with van der Waals surface area (Å²) in [6.45, 7) is -3.43. The minimum Gasteiger partial charge on any atom is -0.506 e. The summed E-state index contributed by atoms with van der Waals surface area (Å²) in [4.78, 5) is 24.6. The van der Waals surface area contributed by atoms with Crippen LogP contribution in [0.25, 0.3) is 17.1 Å². The van der Waals surface area contributed by atoms with Gasteiger partial charge in [-0.3, -0.25) is 14.3 Å². The molecule has 3 aromatic rings. The Morgan fingerprint density at radius 1 is 1.22 bits per heavy atom. The van der Waals surface area contributed by atoms with E-state index in [1.165, 1.54) is 29.0 Å². The van der Waals surface area contributed by atoms with Crippen LogP contribution in [0.15, 0.2) is 35.4 Å². The van der Waals surface area contributed by atoms with Gasteiger partial charge in [0.05, 0.1) is 17.1 Å². The second-order valence-corrected chi connectivity index (χ2v) is 6.34. The molecule has 0 amide bonds. The molecular formula is C19H19ClN4O3. The van der Waals surface area contributed by atoms with Crippen LogP contribution in [0.5, 0.6) is 5.75 Å². The Kier molecular flexibility index (Phi) is 3.15. The molecule has 0 atom stereocenters. The number of halogens is 1. The summed E-state index contributed by atoms with van der Waals surface area (Å²) in [6, 6.07) is 4.13. The molecule has 0 saturated carbocycles. The lowest BCUT2D eigenvalue weighted by Crippen LogP contribution is -2.22. The molecule has 0 spiro atoms. The zero-order chi connectivity index (χ0) is 24.9. The zero-order valence-corrected chi connectivity index (χ0v) is 15.1. The van der Waals surface area contributed by atoms with E-state index in [0.717, 1.165) is 6.20 Å². The van der Waals surface area contributed by atoms with Gasteiger partial charge < -0.3 is 10.2 Å². The number of nitrogens with zero attached hydrogens (tertiary/aromatic N) is 4. The first-order valence-electron chi connectivity index (χ1n) is 10.7. The van der Waals surface area contributed by atoms with Crippen molar-refractivity contribution in [2.45, 2.75) is 33.2 Å². The molecule has 7 nitrogen and oxygen atoms in total. The fourth-order valence-corrected chi connectivity index (χ4v) is 2.70. The normalized spacial score (nSPS) is 15.9. The van der Waals surface area contributed by atoms with Crippen molar-refractivity contribution in [3.05, 3.63) is 63.1 Å². The molecule has 0 fully saturated rings. The number of rotatable bonds is 3. The van der Waals surface area contributed by atoms with Gasteiger partial charge in [-0.15, -0.1) is 0 Å². The van der Waals surface area contributed by atoms with E-state index in [9.17, 15) is 15.0 Å². The summed E-state index contributed by atoms with van der Waals surface area (Å²) >= 11 is 5.92. The van der Waals surface area contributed by atoms with Gasteiger partial charge in [0.1, 0.15) is 16.4 Å². The third-order valence-corrected chi connectivity index (χ3v) is 4.23. The van der Waals surface area contributed by atoms with Gasteiger partial charge in [0, 0.05) is 32.4 Å². The number of aromatic hydroxyl groups is 1. The Morgan fingerprint density at radius 3 is 2.67 bits per heavy atom. The maximum Gasteiger partial charge on any atom is 0.277 e. The third kappa shape index (κ3) is 3.56. The highest BCUT2D eigenvalue weighted by molar-refractivity contribution is 6.31. The summed E-state index contributed by atoms with van der Waals surface area (Å²) in [5, 5.41) is 20.1. The van der Waals surface area contributed by atoms with Crippen LogP contribution in [-0.4, -0.2) is 29.7 Å². The number of aryl methyl sites for hydroxylation is 2. The van der Waals surface area contributed by atoms with E-state index < -0.39 is 30.7 Å². The van der Waals surface area contributed by atoms with Gasteiger partial charge in [0.15, 0.2) is 5.82 Å². The summed E-state index contributed by atoms with van der Waals surface area (Å²) in [6.07, 6.45) is 2.54. The molecule has 0 saturated heterocycles. The third-order valence-electron chi connectivity index (χ3n) is 3.87. The average molecular weight is 393 g/mol. The first-order chi connectivity index (χ1) is 15.1. The predicted octanol–water partition coefficient (Wildman–Crippen LogP) is 2.89. The molecule has 0 bridgehead atoms. The van der Waals surface area contributed by atoms with Crippen LogP contribution >= 0.6 is 11.6 Å². The summed E-state index contributed by atoms with van der Waals surface area (Å²) in [5.41, 5.74) is -2.52. The Hall–Kier alpha value is -2.77. The molecule has 27 heavy (non-hydrogen) atoms. The second kappa shape index (κ2) is 6.75.